The van der Waals surface area contributed by atoms with Crippen molar-refractivity contribution in [2.24, 2.45) is 0 Å². The molecule has 1 saturated heterocycles. The Hall–Kier alpha value is -2.02. The summed E-state index contributed by atoms with van der Waals surface area (Å²) in [5.74, 6) is -2.81. The molecule has 1 heterocycles. The van der Waals surface area contributed by atoms with Gasteiger partial charge in [-0.15, -0.1) is 0 Å². The molecular weight excluding hydrogens is 330 g/mol. The van der Waals surface area contributed by atoms with Gasteiger partial charge in [-0.3, -0.25) is 9.69 Å². The molecule has 0 aromatic heterocycles. The number of halogens is 2. The summed E-state index contributed by atoms with van der Waals surface area (Å²) in [5.41, 5.74) is 0.404. The lowest BCUT2D eigenvalue weighted by atomic mass is 10.0. The van der Waals surface area contributed by atoms with Crippen LogP contribution in [0.1, 0.15) is 32.3 Å². The van der Waals surface area contributed by atoms with Crippen LogP contribution in [0.4, 0.5) is 8.78 Å². The van der Waals surface area contributed by atoms with Gasteiger partial charge in [-0.25, -0.2) is 13.6 Å². The average molecular weight is 354 g/mol. The van der Waals surface area contributed by atoms with Crippen molar-refractivity contribution < 1.29 is 23.1 Å². The number of benzene rings is 1. The minimum Gasteiger partial charge on any atom is -0.467 e. The number of hydrogen-bond acceptors (Lipinski definition) is 4. The van der Waals surface area contributed by atoms with Crippen molar-refractivity contribution in [2.45, 2.75) is 51.2 Å². The summed E-state index contributed by atoms with van der Waals surface area (Å²) in [6.45, 7) is 4.87. The molecular formula is C18H24F2N2O3. The van der Waals surface area contributed by atoms with Gasteiger partial charge in [0.2, 0.25) is 5.91 Å². The molecule has 0 saturated carbocycles. The van der Waals surface area contributed by atoms with Crippen LogP contribution in [-0.2, 0) is 20.7 Å². The third kappa shape index (κ3) is 4.75. The molecule has 138 valence electrons. The van der Waals surface area contributed by atoms with Gasteiger partial charge in [0.1, 0.15) is 6.04 Å². The van der Waals surface area contributed by atoms with Crippen LogP contribution in [-0.4, -0.2) is 48.6 Å². The fraction of sp³-hybridized carbons (Fsp3) is 0.556. The number of carbonyl (C=O) groups is 2. The SMILES string of the molecule is COC(=O)[C@H](Cc1ccc(F)c(F)c1)NC(=O)[C@H]1CCCN1C(C)C. The van der Waals surface area contributed by atoms with Crippen LogP contribution < -0.4 is 5.32 Å². The van der Waals surface area contributed by atoms with Gasteiger partial charge >= 0.3 is 5.97 Å². The predicted molar refractivity (Wildman–Crippen MR) is 88.9 cm³/mol. The Morgan fingerprint density at radius 3 is 2.64 bits per heavy atom. The minimum absolute atomic E-state index is 0.0318. The molecule has 1 fully saturated rings. The molecule has 25 heavy (non-hydrogen) atoms. The van der Waals surface area contributed by atoms with Gasteiger partial charge < -0.3 is 10.1 Å². The standard InChI is InChI=1S/C18H24F2N2O3/c1-11(2)22-8-4-5-16(22)17(23)21-15(18(24)25-3)10-12-6-7-13(19)14(20)9-12/h6-7,9,11,15-16H,4-5,8,10H2,1-3H3,(H,21,23)/t15-,16+/m0/s1. The van der Waals surface area contributed by atoms with Crippen LogP contribution in [0.3, 0.4) is 0 Å². The van der Waals surface area contributed by atoms with Crippen molar-refractivity contribution in [3.8, 4) is 0 Å². The first-order valence-electron chi connectivity index (χ1n) is 8.41. The van der Waals surface area contributed by atoms with Crippen molar-refractivity contribution in [3.63, 3.8) is 0 Å². The summed E-state index contributed by atoms with van der Waals surface area (Å²) in [6.07, 6.45) is 1.68. The zero-order chi connectivity index (χ0) is 18.6. The predicted octanol–water partition coefficient (Wildman–Crippen LogP) is 2.04. The van der Waals surface area contributed by atoms with Crippen LogP contribution in [0, 0.1) is 11.6 Å². The third-order valence-corrected chi connectivity index (χ3v) is 4.49. The van der Waals surface area contributed by atoms with Gasteiger partial charge in [-0.2, -0.15) is 0 Å². The van der Waals surface area contributed by atoms with E-state index in [0.717, 1.165) is 31.5 Å². The number of ether oxygens (including phenoxy) is 1. The summed E-state index contributed by atoms with van der Waals surface area (Å²) in [6, 6.07) is 2.39. The number of likely N-dealkylation sites (tertiary alicyclic amines) is 1. The van der Waals surface area contributed by atoms with E-state index in [1.807, 2.05) is 13.8 Å². The van der Waals surface area contributed by atoms with E-state index in [-0.39, 0.29) is 24.4 Å². The van der Waals surface area contributed by atoms with Gasteiger partial charge in [-0.1, -0.05) is 6.07 Å². The number of hydrogen-bond donors (Lipinski definition) is 1. The zero-order valence-corrected chi connectivity index (χ0v) is 14.7. The van der Waals surface area contributed by atoms with Crippen LogP contribution in [0.5, 0.6) is 0 Å². The van der Waals surface area contributed by atoms with E-state index >= 15 is 0 Å². The van der Waals surface area contributed by atoms with Crippen molar-refractivity contribution in [1.82, 2.24) is 10.2 Å². The molecule has 5 nitrogen and oxygen atoms in total. The van der Waals surface area contributed by atoms with Gasteiger partial charge in [0.25, 0.3) is 0 Å². The molecule has 1 aromatic carbocycles. The van der Waals surface area contributed by atoms with Crippen molar-refractivity contribution >= 4 is 11.9 Å². The van der Waals surface area contributed by atoms with Crippen molar-refractivity contribution in [3.05, 3.63) is 35.4 Å². The second-order valence-electron chi connectivity index (χ2n) is 6.53. The lowest BCUT2D eigenvalue weighted by molar-refractivity contribution is -0.145. The van der Waals surface area contributed by atoms with Crippen LogP contribution in [0.25, 0.3) is 0 Å². The largest absolute Gasteiger partial charge is 0.467 e. The van der Waals surface area contributed by atoms with Gasteiger partial charge in [0.05, 0.1) is 13.2 Å². The Bertz CT molecular complexity index is 637. The lowest BCUT2D eigenvalue weighted by Crippen LogP contribution is -2.51. The monoisotopic (exact) mass is 354 g/mol. The fourth-order valence-corrected chi connectivity index (χ4v) is 3.19. The number of rotatable bonds is 6. The Kier molecular flexibility index (Phi) is 6.47. The number of nitrogens with zero attached hydrogens (tertiary/aromatic N) is 1. The summed E-state index contributed by atoms with van der Waals surface area (Å²) < 4.78 is 31.2. The number of carbonyl (C=O) groups excluding carboxylic acids is 2. The fourth-order valence-electron chi connectivity index (χ4n) is 3.19. The Morgan fingerprint density at radius 2 is 2.04 bits per heavy atom. The molecule has 1 aliphatic heterocycles. The maximum Gasteiger partial charge on any atom is 0.328 e. The smallest absolute Gasteiger partial charge is 0.328 e. The van der Waals surface area contributed by atoms with E-state index in [1.54, 1.807) is 0 Å². The summed E-state index contributed by atoms with van der Waals surface area (Å²) in [7, 11) is 1.22. The Labute approximate surface area is 146 Å². The van der Waals surface area contributed by atoms with Crippen LogP contribution >= 0.6 is 0 Å². The van der Waals surface area contributed by atoms with E-state index in [4.69, 9.17) is 4.74 Å². The molecule has 0 spiro atoms. The molecule has 1 amide bonds. The van der Waals surface area contributed by atoms with Gasteiger partial charge in [0.15, 0.2) is 11.6 Å². The molecule has 0 bridgehead atoms. The maximum atomic E-state index is 13.4. The van der Waals surface area contributed by atoms with Gasteiger partial charge in [0, 0.05) is 12.5 Å². The normalized spacial score (nSPS) is 19.0. The molecule has 1 aromatic rings. The van der Waals surface area contributed by atoms with E-state index in [9.17, 15) is 18.4 Å². The van der Waals surface area contributed by atoms with Crippen molar-refractivity contribution in [1.29, 1.82) is 0 Å². The Morgan fingerprint density at radius 1 is 1.32 bits per heavy atom. The number of methoxy groups -OCH3 is 1. The maximum absolute atomic E-state index is 13.4. The molecule has 7 heteroatoms. The molecule has 2 rings (SSSR count). The number of nitrogens with one attached hydrogen (secondary N) is 1. The second-order valence-corrected chi connectivity index (χ2v) is 6.53. The van der Waals surface area contributed by atoms with Crippen LogP contribution in [0.15, 0.2) is 18.2 Å². The third-order valence-electron chi connectivity index (χ3n) is 4.49. The molecule has 1 N–H and O–H groups in total. The number of amides is 1. The van der Waals surface area contributed by atoms with E-state index in [2.05, 4.69) is 10.2 Å². The highest BCUT2D eigenvalue weighted by Gasteiger charge is 2.34. The first-order valence-corrected chi connectivity index (χ1v) is 8.41. The highest BCUT2D eigenvalue weighted by atomic mass is 19.2. The second kappa shape index (κ2) is 8.38. The topological polar surface area (TPSA) is 58.6 Å². The quantitative estimate of drug-likeness (QED) is 0.795. The van der Waals surface area contributed by atoms with Gasteiger partial charge in [-0.05, 0) is 50.9 Å². The molecule has 0 aliphatic carbocycles. The Balaban J connectivity index is 2.10. The molecule has 2 atom stereocenters. The first-order chi connectivity index (χ1) is 11.8. The van der Waals surface area contributed by atoms with E-state index < -0.39 is 23.6 Å². The average Bonchev–Trinajstić information content (AvgIpc) is 3.07. The summed E-state index contributed by atoms with van der Waals surface area (Å²) in [4.78, 5) is 26.7. The molecule has 0 unspecified atom stereocenters. The number of esters is 1. The molecule has 1 aliphatic rings. The molecule has 0 radical (unpaired) electrons. The first kappa shape index (κ1) is 19.3. The zero-order valence-electron chi connectivity index (χ0n) is 14.7. The summed E-state index contributed by atoms with van der Waals surface area (Å²) in [5, 5.41) is 2.71. The van der Waals surface area contributed by atoms with Crippen LogP contribution in [0.2, 0.25) is 0 Å². The summed E-state index contributed by atoms with van der Waals surface area (Å²) >= 11 is 0. The minimum atomic E-state index is -0.991. The highest BCUT2D eigenvalue weighted by molar-refractivity contribution is 5.87. The highest BCUT2D eigenvalue weighted by Crippen LogP contribution is 2.20. The van der Waals surface area contributed by atoms with Crippen molar-refractivity contribution in [2.75, 3.05) is 13.7 Å². The lowest BCUT2D eigenvalue weighted by Gasteiger charge is -2.28. The van der Waals surface area contributed by atoms with E-state index in [0.29, 0.717) is 5.56 Å². The van der Waals surface area contributed by atoms with E-state index in [1.165, 1.54) is 13.2 Å².